The van der Waals surface area contributed by atoms with Crippen LogP contribution in [0, 0.1) is 0 Å². The third kappa shape index (κ3) is 4.18. The molecule has 5 N–H and O–H groups in total. The number of nitrogens with one attached hydrogen (secondary N) is 1. The number of esters is 1. The smallest absolute Gasteiger partial charge is 0.338 e. The maximum atomic E-state index is 13.0. The number of nitrogens with zero attached hydrogens (tertiary/aromatic N) is 4. The van der Waals surface area contributed by atoms with Crippen LogP contribution in [0.5, 0.6) is 0 Å². The number of nitrogens with two attached hydrogens (primary N) is 1. The number of halogens is 1. The zero-order valence-electron chi connectivity index (χ0n) is 17.0. The van der Waals surface area contributed by atoms with Gasteiger partial charge in [0.2, 0.25) is 5.95 Å². The molecule has 3 aromatic rings. The summed E-state index contributed by atoms with van der Waals surface area (Å²) in [5, 5.41) is 23.8. The van der Waals surface area contributed by atoms with E-state index in [4.69, 9.17) is 15.2 Å². The molecule has 1 aliphatic heterocycles. The Bertz CT molecular complexity index is 1300. The quantitative estimate of drug-likeness (QED) is 0.262. The maximum Gasteiger partial charge on any atom is 0.338 e. The largest absolute Gasteiger partial charge is 0.459 e. The number of benzene rings is 1. The SMILES string of the molecule is CNc1nc2c(N)ncnc2n1[C@@H]1O[C@H](COC(=O)c2ccc(S(=O)(=O)F)cc2)[C@@H](O)[C@H]1O. The molecule has 0 amide bonds. The van der Waals surface area contributed by atoms with Gasteiger partial charge >= 0.3 is 16.2 Å². The molecule has 0 saturated carbocycles. The van der Waals surface area contributed by atoms with Crippen LogP contribution in [0.25, 0.3) is 11.2 Å². The molecule has 3 heterocycles. The van der Waals surface area contributed by atoms with Crippen LogP contribution in [0.1, 0.15) is 16.6 Å². The van der Waals surface area contributed by atoms with Crippen LogP contribution in [0.3, 0.4) is 0 Å². The summed E-state index contributed by atoms with van der Waals surface area (Å²) in [7, 11) is -3.32. The number of carbonyl (C=O) groups is 1. The molecule has 0 spiro atoms. The second kappa shape index (κ2) is 8.51. The molecule has 1 fully saturated rings. The highest BCUT2D eigenvalue weighted by Crippen LogP contribution is 2.35. The van der Waals surface area contributed by atoms with Crippen molar-refractivity contribution >= 4 is 39.1 Å². The molecule has 13 nitrogen and oxygen atoms in total. The monoisotopic (exact) mass is 482 g/mol. The van der Waals surface area contributed by atoms with Crippen LogP contribution in [0.15, 0.2) is 35.5 Å². The van der Waals surface area contributed by atoms with E-state index in [1.807, 2.05) is 0 Å². The molecule has 0 radical (unpaired) electrons. The standard InChI is InChI=1S/C18H19FN6O7S/c1-21-18-24-11-14(20)22-7-23-15(11)25(18)16-13(27)12(26)10(32-16)6-31-17(28)8-2-4-9(5-3-8)33(19,29)30/h2-5,7,10,12-13,16,26-27H,6H2,1H3,(H,21,24)(H2,20,22,23)/t10-,12-,13-,16-/m1/s1. The van der Waals surface area contributed by atoms with Crippen molar-refractivity contribution in [3.8, 4) is 0 Å². The molecule has 33 heavy (non-hydrogen) atoms. The Morgan fingerprint density at radius 3 is 2.61 bits per heavy atom. The minimum absolute atomic E-state index is 0.0442. The summed E-state index contributed by atoms with van der Waals surface area (Å²) in [6.07, 6.45) is -3.89. The number of aliphatic hydroxyl groups is 2. The van der Waals surface area contributed by atoms with Crippen molar-refractivity contribution in [1.82, 2.24) is 19.5 Å². The first kappa shape index (κ1) is 22.8. The lowest BCUT2D eigenvalue weighted by atomic mass is 10.1. The molecule has 1 aliphatic rings. The van der Waals surface area contributed by atoms with E-state index < -0.39 is 52.2 Å². The first-order chi connectivity index (χ1) is 15.6. The Hall–Kier alpha value is -3.40. The molecule has 0 bridgehead atoms. The fourth-order valence-corrected chi connectivity index (χ4v) is 3.88. The second-order valence-electron chi connectivity index (χ2n) is 7.09. The van der Waals surface area contributed by atoms with Gasteiger partial charge < -0.3 is 30.7 Å². The first-order valence-corrected chi connectivity index (χ1v) is 10.9. The van der Waals surface area contributed by atoms with Crippen molar-refractivity contribution in [1.29, 1.82) is 0 Å². The number of aromatic nitrogens is 4. The Labute approximate surface area is 186 Å². The number of aliphatic hydroxyl groups excluding tert-OH is 2. The molecule has 176 valence electrons. The number of nitrogen functional groups attached to an aromatic ring is 1. The third-order valence-electron chi connectivity index (χ3n) is 5.07. The highest BCUT2D eigenvalue weighted by atomic mass is 32.3. The van der Waals surface area contributed by atoms with Gasteiger partial charge in [-0.05, 0) is 24.3 Å². The average Bonchev–Trinajstić information content (AvgIpc) is 3.30. The molecular formula is C18H19FN6O7S. The van der Waals surface area contributed by atoms with E-state index >= 15 is 0 Å². The molecule has 2 aromatic heterocycles. The highest BCUT2D eigenvalue weighted by Gasteiger charge is 2.46. The van der Waals surface area contributed by atoms with Crippen molar-refractivity contribution < 1.29 is 36.8 Å². The fourth-order valence-electron chi connectivity index (χ4n) is 3.42. The fraction of sp³-hybridized carbons (Fsp3) is 0.333. The van der Waals surface area contributed by atoms with Crippen molar-refractivity contribution in [3.05, 3.63) is 36.2 Å². The Morgan fingerprint density at radius 1 is 1.27 bits per heavy atom. The summed E-state index contributed by atoms with van der Waals surface area (Å²) in [4.78, 5) is 23.9. The van der Waals surface area contributed by atoms with E-state index in [0.29, 0.717) is 0 Å². The van der Waals surface area contributed by atoms with Gasteiger partial charge in [-0.25, -0.2) is 19.7 Å². The number of fused-ring (bicyclic) bond motifs is 1. The molecule has 4 rings (SSSR count). The zero-order chi connectivity index (χ0) is 23.9. The summed E-state index contributed by atoms with van der Waals surface area (Å²) in [5.41, 5.74) is 6.31. The molecule has 1 saturated heterocycles. The number of anilines is 2. The van der Waals surface area contributed by atoms with E-state index in [9.17, 15) is 27.3 Å². The van der Waals surface area contributed by atoms with Crippen LogP contribution in [-0.2, 0) is 19.7 Å². The van der Waals surface area contributed by atoms with Gasteiger partial charge in [0.25, 0.3) is 0 Å². The second-order valence-corrected chi connectivity index (χ2v) is 8.44. The Balaban J connectivity index is 1.50. The van der Waals surface area contributed by atoms with Crippen molar-refractivity contribution in [2.75, 3.05) is 24.7 Å². The number of rotatable bonds is 6. The van der Waals surface area contributed by atoms with E-state index in [-0.39, 0.29) is 28.5 Å². The van der Waals surface area contributed by atoms with Gasteiger partial charge in [-0.15, -0.1) is 3.89 Å². The van der Waals surface area contributed by atoms with Gasteiger partial charge in [-0.3, -0.25) is 4.57 Å². The molecule has 4 atom stereocenters. The van der Waals surface area contributed by atoms with Crippen LogP contribution < -0.4 is 11.1 Å². The van der Waals surface area contributed by atoms with Crippen LogP contribution in [-0.4, -0.2) is 76.1 Å². The van der Waals surface area contributed by atoms with Crippen LogP contribution >= 0.6 is 0 Å². The molecule has 1 aromatic carbocycles. The van der Waals surface area contributed by atoms with Gasteiger partial charge in [0.1, 0.15) is 31.2 Å². The number of carbonyl (C=O) groups excluding carboxylic acids is 1. The normalized spacial score (nSPS) is 23.0. The lowest BCUT2D eigenvalue weighted by Gasteiger charge is -2.19. The summed E-state index contributed by atoms with van der Waals surface area (Å²) < 4.78 is 47.0. The van der Waals surface area contributed by atoms with E-state index in [2.05, 4.69) is 20.3 Å². The minimum atomic E-state index is -4.90. The summed E-state index contributed by atoms with van der Waals surface area (Å²) in [6, 6.07) is 4.01. The van der Waals surface area contributed by atoms with E-state index in [0.717, 1.165) is 24.3 Å². The number of imidazole rings is 1. The zero-order valence-corrected chi connectivity index (χ0v) is 17.8. The predicted molar refractivity (Wildman–Crippen MR) is 110 cm³/mol. The minimum Gasteiger partial charge on any atom is -0.459 e. The van der Waals surface area contributed by atoms with Crippen molar-refractivity contribution in [2.45, 2.75) is 29.4 Å². The summed E-state index contributed by atoms with van der Waals surface area (Å²) in [5.74, 6) is -0.509. The van der Waals surface area contributed by atoms with Gasteiger partial charge in [-0.2, -0.15) is 8.42 Å². The number of hydrogen-bond acceptors (Lipinski definition) is 12. The number of ether oxygens (including phenoxy) is 2. The van der Waals surface area contributed by atoms with E-state index in [1.165, 1.54) is 10.9 Å². The van der Waals surface area contributed by atoms with Gasteiger partial charge in [0, 0.05) is 7.05 Å². The Morgan fingerprint density at radius 2 is 1.97 bits per heavy atom. The maximum absolute atomic E-state index is 13.0. The number of hydrogen-bond donors (Lipinski definition) is 4. The topological polar surface area (TPSA) is 192 Å². The molecule has 15 heteroatoms. The van der Waals surface area contributed by atoms with Gasteiger partial charge in [-0.1, -0.05) is 0 Å². The third-order valence-corrected chi connectivity index (χ3v) is 5.91. The molecular weight excluding hydrogens is 463 g/mol. The lowest BCUT2D eigenvalue weighted by molar-refractivity contribution is -0.0557. The van der Waals surface area contributed by atoms with E-state index in [1.54, 1.807) is 7.05 Å². The average molecular weight is 482 g/mol. The van der Waals surface area contributed by atoms with Crippen molar-refractivity contribution in [3.63, 3.8) is 0 Å². The summed E-state index contributed by atoms with van der Waals surface area (Å²) >= 11 is 0. The predicted octanol–water partition coefficient (Wildman–Crippen LogP) is -0.415. The van der Waals surface area contributed by atoms with Gasteiger partial charge in [0.05, 0.1) is 10.5 Å². The van der Waals surface area contributed by atoms with Gasteiger partial charge in [0.15, 0.2) is 23.2 Å². The van der Waals surface area contributed by atoms with Crippen LogP contribution in [0.4, 0.5) is 15.7 Å². The molecule has 0 unspecified atom stereocenters. The van der Waals surface area contributed by atoms with Crippen LogP contribution in [0.2, 0.25) is 0 Å². The summed E-state index contributed by atoms with van der Waals surface area (Å²) in [6.45, 7) is -0.435. The molecule has 0 aliphatic carbocycles. The first-order valence-electron chi connectivity index (χ1n) is 9.51. The Kier molecular flexibility index (Phi) is 5.87. The lowest BCUT2D eigenvalue weighted by Crippen LogP contribution is -2.34. The van der Waals surface area contributed by atoms with Crippen molar-refractivity contribution in [2.24, 2.45) is 0 Å². The highest BCUT2D eigenvalue weighted by molar-refractivity contribution is 7.86.